The number of hydrogen-bond acceptors (Lipinski definition) is 5. The first-order valence-electron chi connectivity index (χ1n) is 6.24. The van der Waals surface area contributed by atoms with Crippen molar-refractivity contribution in [3.05, 3.63) is 23.3 Å². The summed E-state index contributed by atoms with van der Waals surface area (Å²) >= 11 is 0. The smallest absolute Gasteiger partial charge is 0.326 e. The van der Waals surface area contributed by atoms with Crippen molar-refractivity contribution in [3.8, 4) is 11.5 Å². The van der Waals surface area contributed by atoms with E-state index in [-0.39, 0.29) is 24.3 Å². The predicted octanol–water partition coefficient (Wildman–Crippen LogP) is 1.63. The molecule has 1 aliphatic carbocycles. The van der Waals surface area contributed by atoms with Crippen LogP contribution in [0.3, 0.4) is 0 Å². The first kappa shape index (κ1) is 14.9. The molecule has 1 saturated carbocycles. The van der Waals surface area contributed by atoms with Crippen molar-refractivity contribution in [1.29, 1.82) is 0 Å². The quantitative estimate of drug-likeness (QED) is 0.860. The average molecular weight is 300 g/mol. The fourth-order valence-corrected chi connectivity index (χ4v) is 3.00. The first-order valence-corrected chi connectivity index (χ1v) is 6.24. The maximum atomic E-state index is 11.9. The number of fused-ring (bicyclic) bond motifs is 3. The second-order valence-electron chi connectivity index (χ2n) is 4.97. The minimum Gasteiger partial charge on any atom is -0.497 e. The molecule has 1 N–H and O–H groups in total. The van der Waals surface area contributed by atoms with Gasteiger partial charge < -0.3 is 14.2 Å². The molecule has 0 radical (unpaired) electrons. The van der Waals surface area contributed by atoms with Gasteiger partial charge in [0.25, 0.3) is 0 Å². The zero-order chi connectivity index (χ0) is 13.6. The van der Waals surface area contributed by atoms with E-state index in [2.05, 4.69) is 5.32 Å². The summed E-state index contributed by atoms with van der Waals surface area (Å²) in [4.78, 5) is 11.9. The molecule has 2 unspecified atom stereocenters. The van der Waals surface area contributed by atoms with Crippen LogP contribution in [0.1, 0.15) is 23.5 Å². The zero-order valence-corrected chi connectivity index (χ0v) is 12.5. The molecule has 1 fully saturated rings. The molecular weight excluding hydrogens is 282 g/mol. The minimum absolute atomic E-state index is 0. The van der Waals surface area contributed by atoms with Crippen molar-refractivity contribution in [1.82, 2.24) is 5.32 Å². The van der Waals surface area contributed by atoms with E-state index in [1.807, 2.05) is 12.1 Å². The normalized spacial score (nSPS) is 25.6. The maximum absolute atomic E-state index is 11.9. The van der Waals surface area contributed by atoms with E-state index >= 15 is 0 Å². The number of hydrogen-bond donors (Lipinski definition) is 1. The molecule has 1 aliphatic heterocycles. The van der Waals surface area contributed by atoms with Gasteiger partial charge in [-0.05, 0) is 18.1 Å². The third-order valence-corrected chi connectivity index (χ3v) is 4.14. The largest absolute Gasteiger partial charge is 0.497 e. The average Bonchev–Trinajstić information content (AvgIpc) is 3.21. The Labute approximate surface area is 124 Å². The van der Waals surface area contributed by atoms with Crippen LogP contribution in [0.25, 0.3) is 0 Å². The van der Waals surface area contributed by atoms with Crippen molar-refractivity contribution in [2.75, 3.05) is 21.3 Å². The number of carbonyl (C=O) groups is 1. The summed E-state index contributed by atoms with van der Waals surface area (Å²) < 4.78 is 15.6. The number of methoxy groups -OCH3 is 3. The van der Waals surface area contributed by atoms with Crippen LogP contribution in [0.2, 0.25) is 0 Å². The van der Waals surface area contributed by atoms with E-state index in [9.17, 15) is 4.79 Å². The lowest BCUT2D eigenvalue weighted by Crippen LogP contribution is -2.43. The van der Waals surface area contributed by atoms with Gasteiger partial charge >= 0.3 is 5.97 Å². The summed E-state index contributed by atoms with van der Waals surface area (Å²) in [5, 5.41) is 3.29. The number of rotatable bonds is 3. The Hall–Kier alpha value is -1.46. The van der Waals surface area contributed by atoms with Crippen LogP contribution in [0.5, 0.6) is 11.5 Å². The van der Waals surface area contributed by atoms with Gasteiger partial charge in [0.1, 0.15) is 17.0 Å². The van der Waals surface area contributed by atoms with Gasteiger partial charge in [0, 0.05) is 24.1 Å². The molecule has 2 atom stereocenters. The van der Waals surface area contributed by atoms with Crippen LogP contribution < -0.4 is 14.8 Å². The van der Waals surface area contributed by atoms with Crippen molar-refractivity contribution in [2.45, 2.75) is 24.4 Å². The van der Waals surface area contributed by atoms with Gasteiger partial charge in [-0.2, -0.15) is 0 Å². The van der Waals surface area contributed by atoms with Crippen LogP contribution in [-0.2, 0) is 16.1 Å². The molecule has 0 spiro atoms. The highest BCUT2D eigenvalue weighted by atomic mass is 35.5. The lowest BCUT2D eigenvalue weighted by atomic mass is 9.94. The summed E-state index contributed by atoms with van der Waals surface area (Å²) in [6, 6.07) is 3.86. The lowest BCUT2D eigenvalue weighted by molar-refractivity contribution is -0.144. The second-order valence-corrected chi connectivity index (χ2v) is 4.97. The Balaban J connectivity index is 0.00000147. The number of halogens is 1. The second kappa shape index (κ2) is 5.14. The molecule has 1 aromatic rings. The lowest BCUT2D eigenvalue weighted by Gasteiger charge is -2.26. The van der Waals surface area contributed by atoms with E-state index in [0.29, 0.717) is 6.54 Å². The molecule has 1 aromatic carbocycles. The molecule has 0 amide bonds. The topological polar surface area (TPSA) is 56.8 Å². The molecular formula is C14H18ClNO4. The molecule has 20 heavy (non-hydrogen) atoms. The highest BCUT2D eigenvalue weighted by Crippen LogP contribution is 2.57. The third-order valence-electron chi connectivity index (χ3n) is 4.14. The van der Waals surface area contributed by atoms with E-state index < -0.39 is 5.54 Å². The van der Waals surface area contributed by atoms with Crippen LogP contribution in [0, 0.1) is 0 Å². The maximum Gasteiger partial charge on any atom is 0.326 e. The van der Waals surface area contributed by atoms with Gasteiger partial charge in [-0.25, -0.2) is 0 Å². The van der Waals surface area contributed by atoms with E-state index in [1.165, 1.54) is 7.11 Å². The van der Waals surface area contributed by atoms with Gasteiger partial charge in [-0.3, -0.25) is 10.1 Å². The molecule has 6 heteroatoms. The monoisotopic (exact) mass is 299 g/mol. The zero-order valence-electron chi connectivity index (χ0n) is 11.7. The highest BCUT2D eigenvalue weighted by Gasteiger charge is 2.64. The molecule has 5 nitrogen and oxygen atoms in total. The van der Waals surface area contributed by atoms with Crippen molar-refractivity contribution in [3.63, 3.8) is 0 Å². The van der Waals surface area contributed by atoms with Gasteiger partial charge in [-0.15, -0.1) is 12.4 Å². The predicted molar refractivity (Wildman–Crippen MR) is 75.7 cm³/mol. The standard InChI is InChI=1S/C14H17NO4.ClH/c1-17-8-4-9-10(12(5-8)18-2)7-15-14(6-11(9)14)13(16)19-3;/h4-5,11,15H,6-7H2,1-3H3;1H. The Morgan fingerprint density at radius 2 is 2.05 bits per heavy atom. The Morgan fingerprint density at radius 1 is 1.30 bits per heavy atom. The Kier molecular flexibility index (Phi) is 3.84. The number of carbonyl (C=O) groups excluding carboxylic acids is 1. The van der Waals surface area contributed by atoms with Crippen LogP contribution in [0.4, 0.5) is 0 Å². The summed E-state index contributed by atoms with van der Waals surface area (Å²) in [5.74, 6) is 1.51. The molecule has 110 valence electrons. The Bertz CT molecular complexity index is 548. The van der Waals surface area contributed by atoms with E-state index in [1.54, 1.807) is 14.2 Å². The first-order chi connectivity index (χ1) is 9.16. The number of ether oxygens (including phenoxy) is 3. The fourth-order valence-electron chi connectivity index (χ4n) is 3.00. The molecule has 0 aromatic heterocycles. The van der Waals surface area contributed by atoms with Crippen molar-refractivity contribution >= 4 is 18.4 Å². The highest BCUT2D eigenvalue weighted by molar-refractivity contribution is 5.88. The summed E-state index contributed by atoms with van der Waals surface area (Å²) in [6.07, 6.45) is 0.767. The van der Waals surface area contributed by atoms with Gasteiger partial charge in [0.2, 0.25) is 0 Å². The minimum atomic E-state index is -0.543. The molecule has 0 bridgehead atoms. The number of nitrogens with one attached hydrogen (secondary N) is 1. The Morgan fingerprint density at radius 3 is 2.65 bits per heavy atom. The van der Waals surface area contributed by atoms with E-state index in [4.69, 9.17) is 14.2 Å². The number of benzene rings is 1. The summed E-state index contributed by atoms with van der Waals surface area (Å²) in [5.41, 5.74) is 1.68. The van der Waals surface area contributed by atoms with Crippen molar-refractivity contribution < 1.29 is 19.0 Å². The number of esters is 1. The fraction of sp³-hybridized carbons (Fsp3) is 0.500. The van der Waals surface area contributed by atoms with E-state index in [0.717, 1.165) is 29.0 Å². The SMILES string of the molecule is COC(=O)C12CC1c1cc(OC)cc(OC)c1CN2.Cl. The van der Waals surface area contributed by atoms with Gasteiger partial charge in [0.05, 0.1) is 21.3 Å². The third kappa shape index (κ3) is 1.93. The molecule has 1 heterocycles. The van der Waals surface area contributed by atoms with Gasteiger partial charge in [0.15, 0.2) is 0 Å². The van der Waals surface area contributed by atoms with Crippen LogP contribution in [0.15, 0.2) is 12.1 Å². The van der Waals surface area contributed by atoms with Crippen molar-refractivity contribution in [2.24, 2.45) is 0 Å². The van der Waals surface area contributed by atoms with Crippen LogP contribution >= 0.6 is 12.4 Å². The van der Waals surface area contributed by atoms with Crippen LogP contribution in [-0.4, -0.2) is 32.8 Å². The molecule has 0 saturated heterocycles. The summed E-state index contributed by atoms with van der Waals surface area (Å²) in [7, 11) is 4.70. The molecule has 3 rings (SSSR count). The molecule has 2 aliphatic rings. The summed E-state index contributed by atoms with van der Waals surface area (Å²) in [6.45, 7) is 0.605. The van der Waals surface area contributed by atoms with Gasteiger partial charge in [-0.1, -0.05) is 0 Å².